The van der Waals surface area contributed by atoms with Gasteiger partial charge in [0.25, 0.3) is 0 Å². The molecular formula is C13H19FN2O2. The molecule has 4 nitrogen and oxygen atoms in total. The molecule has 3 N–H and O–H groups in total. The van der Waals surface area contributed by atoms with E-state index >= 15 is 0 Å². The van der Waals surface area contributed by atoms with Crippen LogP contribution in [0.1, 0.15) is 18.9 Å². The highest BCUT2D eigenvalue weighted by Crippen LogP contribution is 2.05. The molecule has 18 heavy (non-hydrogen) atoms. The Labute approximate surface area is 106 Å². The summed E-state index contributed by atoms with van der Waals surface area (Å²) < 4.78 is 13.3. The number of carbonyl (C=O) groups excluding carboxylic acids is 1. The van der Waals surface area contributed by atoms with Gasteiger partial charge in [-0.15, -0.1) is 0 Å². The van der Waals surface area contributed by atoms with Crippen LogP contribution in [0.25, 0.3) is 0 Å². The van der Waals surface area contributed by atoms with E-state index in [9.17, 15) is 9.18 Å². The third-order valence-electron chi connectivity index (χ3n) is 2.69. The van der Waals surface area contributed by atoms with Crippen LogP contribution in [0, 0.1) is 5.82 Å². The monoisotopic (exact) mass is 254 g/mol. The summed E-state index contributed by atoms with van der Waals surface area (Å²) >= 11 is 0. The predicted octanol–water partition coefficient (Wildman–Crippen LogP) is 1.44. The number of aliphatic hydroxyl groups is 1. The average molecular weight is 254 g/mol. The fourth-order valence-corrected chi connectivity index (χ4v) is 1.53. The van der Waals surface area contributed by atoms with Gasteiger partial charge in [-0.2, -0.15) is 0 Å². The van der Waals surface area contributed by atoms with Gasteiger partial charge in [0.15, 0.2) is 0 Å². The molecule has 0 saturated carbocycles. The number of aliphatic hydroxyl groups excluding tert-OH is 1. The first-order chi connectivity index (χ1) is 8.67. The van der Waals surface area contributed by atoms with Crippen molar-refractivity contribution >= 4 is 6.03 Å². The Morgan fingerprint density at radius 2 is 2.17 bits per heavy atom. The molecule has 0 heterocycles. The number of hydrogen-bond donors (Lipinski definition) is 3. The summed E-state index contributed by atoms with van der Waals surface area (Å²) in [5, 5.41) is 14.2. The number of carbonyl (C=O) groups is 1. The van der Waals surface area contributed by atoms with Gasteiger partial charge in [-0.05, 0) is 24.5 Å². The quantitative estimate of drug-likeness (QED) is 0.719. The average Bonchev–Trinajstić information content (AvgIpc) is 2.38. The molecule has 0 aliphatic carbocycles. The summed E-state index contributed by atoms with van der Waals surface area (Å²) in [5.74, 6) is -0.262. The third-order valence-corrected chi connectivity index (χ3v) is 2.69. The van der Waals surface area contributed by atoms with E-state index in [0.717, 1.165) is 0 Å². The fourth-order valence-electron chi connectivity index (χ4n) is 1.53. The van der Waals surface area contributed by atoms with E-state index in [1.165, 1.54) is 6.07 Å². The number of halogens is 1. The number of amides is 2. The standard InChI is InChI=1S/C13H19FN2O2/c1-2-11(9-17)16-13(18)15-8-7-10-5-3-4-6-12(10)14/h3-6,11,17H,2,7-9H2,1H3,(H2,15,16,18). The van der Waals surface area contributed by atoms with Crippen LogP contribution >= 0.6 is 0 Å². The summed E-state index contributed by atoms with van der Waals surface area (Å²) in [4.78, 5) is 11.4. The smallest absolute Gasteiger partial charge is 0.315 e. The molecule has 0 aliphatic heterocycles. The lowest BCUT2D eigenvalue weighted by molar-refractivity contribution is 0.214. The first-order valence-corrected chi connectivity index (χ1v) is 6.06. The summed E-state index contributed by atoms with van der Waals surface area (Å²) in [6.07, 6.45) is 1.10. The maximum Gasteiger partial charge on any atom is 0.315 e. The molecule has 0 bridgehead atoms. The van der Waals surface area contributed by atoms with E-state index in [2.05, 4.69) is 10.6 Å². The van der Waals surface area contributed by atoms with Crippen molar-refractivity contribution in [3.8, 4) is 0 Å². The molecule has 1 rings (SSSR count). The van der Waals surface area contributed by atoms with Crippen molar-refractivity contribution < 1.29 is 14.3 Å². The molecule has 1 atom stereocenters. The van der Waals surface area contributed by atoms with E-state index in [1.807, 2.05) is 6.92 Å². The van der Waals surface area contributed by atoms with Crippen molar-refractivity contribution in [2.24, 2.45) is 0 Å². The minimum Gasteiger partial charge on any atom is -0.394 e. The van der Waals surface area contributed by atoms with Crippen LogP contribution in [-0.2, 0) is 6.42 Å². The Bertz CT molecular complexity index is 381. The number of urea groups is 1. The summed E-state index contributed by atoms with van der Waals surface area (Å²) in [6.45, 7) is 2.15. The van der Waals surface area contributed by atoms with Crippen LogP contribution in [0.15, 0.2) is 24.3 Å². The van der Waals surface area contributed by atoms with Gasteiger partial charge < -0.3 is 15.7 Å². The minimum absolute atomic E-state index is 0.0861. The van der Waals surface area contributed by atoms with Crippen molar-refractivity contribution in [3.63, 3.8) is 0 Å². The third kappa shape index (κ3) is 4.71. The van der Waals surface area contributed by atoms with E-state index < -0.39 is 0 Å². The molecule has 0 radical (unpaired) electrons. The largest absolute Gasteiger partial charge is 0.394 e. The van der Waals surface area contributed by atoms with Gasteiger partial charge in [-0.1, -0.05) is 25.1 Å². The van der Waals surface area contributed by atoms with E-state index in [1.54, 1.807) is 18.2 Å². The fraction of sp³-hybridized carbons (Fsp3) is 0.462. The summed E-state index contributed by atoms with van der Waals surface area (Å²) in [7, 11) is 0. The number of benzene rings is 1. The zero-order valence-corrected chi connectivity index (χ0v) is 10.4. The zero-order chi connectivity index (χ0) is 13.4. The maximum atomic E-state index is 13.3. The van der Waals surface area contributed by atoms with Crippen LogP contribution in [0.4, 0.5) is 9.18 Å². The second-order valence-electron chi connectivity index (χ2n) is 4.03. The topological polar surface area (TPSA) is 61.4 Å². The molecule has 1 unspecified atom stereocenters. The highest BCUT2D eigenvalue weighted by atomic mass is 19.1. The summed E-state index contributed by atoms with van der Waals surface area (Å²) in [6, 6.07) is 5.90. The lowest BCUT2D eigenvalue weighted by Crippen LogP contribution is -2.44. The molecule has 100 valence electrons. The lowest BCUT2D eigenvalue weighted by Gasteiger charge is -2.14. The van der Waals surface area contributed by atoms with Crippen molar-refractivity contribution in [1.82, 2.24) is 10.6 Å². The normalized spacial score (nSPS) is 11.9. The van der Waals surface area contributed by atoms with Crippen molar-refractivity contribution in [1.29, 1.82) is 0 Å². The molecular weight excluding hydrogens is 235 g/mol. The molecule has 0 aliphatic rings. The maximum absolute atomic E-state index is 13.3. The SMILES string of the molecule is CCC(CO)NC(=O)NCCc1ccccc1F. The van der Waals surface area contributed by atoms with Gasteiger partial charge in [0.05, 0.1) is 12.6 Å². The Morgan fingerprint density at radius 1 is 1.44 bits per heavy atom. The molecule has 0 aromatic heterocycles. The molecule has 1 aromatic rings. The van der Waals surface area contributed by atoms with Gasteiger partial charge in [0.1, 0.15) is 5.82 Å². The second-order valence-corrected chi connectivity index (χ2v) is 4.03. The number of nitrogens with one attached hydrogen (secondary N) is 2. The highest BCUT2D eigenvalue weighted by molar-refractivity contribution is 5.74. The van der Waals surface area contributed by atoms with Gasteiger partial charge in [-0.3, -0.25) is 0 Å². The predicted molar refractivity (Wildman–Crippen MR) is 67.8 cm³/mol. The highest BCUT2D eigenvalue weighted by Gasteiger charge is 2.08. The van der Waals surface area contributed by atoms with Gasteiger partial charge in [-0.25, -0.2) is 9.18 Å². The second kappa shape index (κ2) is 7.66. The van der Waals surface area contributed by atoms with Crippen molar-refractivity contribution in [3.05, 3.63) is 35.6 Å². The Kier molecular flexibility index (Phi) is 6.14. The van der Waals surface area contributed by atoms with E-state index in [4.69, 9.17) is 5.11 Å². The van der Waals surface area contributed by atoms with E-state index in [-0.39, 0.29) is 24.5 Å². The van der Waals surface area contributed by atoms with Crippen LogP contribution in [0.3, 0.4) is 0 Å². The molecule has 0 spiro atoms. The van der Waals surface area contributed by atoms with Crippen LogP contribution < -0.4 is 10.6 Å². The molecule has 0 saturated heterocycles. The van der Waals surface area contributed by atoms with Crippen molar-refractivity contribution in [2.75, 3.05) is 13.2 Å². The Balaban J connectivity index is 2.29. The summed E-state index contributed by atoms with van der Waals surface area (Å²) in [5.41, 5.74) is 0.576. The zero-order valence-electron chi connectivity index (χ0n) is 10.4. The Hall–Kier alpha value is -1.62. The van der Waals surface area contributed by atoms with E-state index in [0.29, 0.717) is 24.9 Å². The van der Waals surface area contributed by atoms with Crippen LogP contribution in [0.2, 0.25) is 0 Å². The van der Waals surface area contributed by atoms with Crippen LogP contribution in [-0.4, -0.2) is 30.3 Å². The number of hydrogen-bond acceptors (Lipinski definition) is 2. The van der Waals surface area contributed by atoms with Crippen LogP contribution in [0.5, 0.6) is 0 Å². The molecule has 1 aromatic carbocycles. The minimum atomic E-state index is -0.341. The molecule has 5 heteroatoms. The Morgan fingerprint density at radius 3 is 2.78 bits per heavy atom. The first kappa shape index (κ1) is 14.4. The van der Waals surface area contributed by atoms with Gasteiger partial charge in [0.2, 0.25) is 0 Å². The number of rotatable bonds is 6. The molecule has 2 amide bonds. The first-order valence-electron chi connectivity index (χ1n) is 6.06. The van der Waals surface area contributed by atoms with Gasteiger partial charge in [0, 0.05) is 6.54 Å². The lowest BCUT2D eigenvalue weighted by atomic mass is 10.1. The molecule has 0 fully saturated rings. The van der Waals surface area contributed by atoms with Gasteiger partial charge >= 0.3 is 6.03 Å². The van der Waals surface area contributed by atoms with Crippen molar-refractivity contribution in [2.45, 2.75) is 25.8 Å².